The molecular formula is C41H31N3O. The van der Waals surface area contributed by atoms with Crippen molar-refractivity contribution in [3.63, 3.8) is 0 Å². The smallest absolute Gasteiger partial charge is 0.126 e. The summed E-state index contributed by atoms with van der Waals surface area (Å²) in [5.74, 6) is 0.762. The molecule has 0 fully saturated rings. The summed E-state index contributed by atoms with van der Waals surface area (Å²) in [6, 6.07) is 52.1. The van der Waals surface area contributed by atoms with Gasteiger partial charge in [0.2, 0.25) is 0 Å². The Kier molecular flexibility index (Phi) is 7.35. The lowest BCUT2D eigenvalue weighted by Gasteiger charge is -2.18. The fourth-order valence-corrected chi connectivity index (χ4v) is 6.21. The van der Waals surface area contributed by atoms with E-state index in [2.05, 4.69) is 114 Å². The number of para-hydroxylation sites is 2. The van der Waals surface area contributed by atoms with Crippen molar-refractivity contribution in [2.75, 3.05) is 7.11 Å². The van der Waals surface area contributed by atoms with Crippen molar-refractivity contribution in [2.45, 2.75) is 5.92 Å². The molecule has 4 heteroatoms. The zero-order chi connectivity index (χ0) is 30.8. The first kappa shape index (κ1) is 27.8. The van der Waals surface area contributed by atoms with Crippen molar-refractivity contribution in [3.8, 4) is 28.6 Å². The molecule has 2 N–H and O–H groups in total. The Morgan fingerprint density at radius 3 is 2.22 bits per heavy atom. The number of hydrogen-bond acceptors (Lipinski definition) is 3. The van der Waals surface area contributed by atoms with Gasteiger partial charge in [0.25, 0.3) is 0 Å². The molecule has 0 spiro atoms. The van der Waals surface area contributed by atoms with Crippen LogP contribution in [0, 0.1) is 11.3 Å². The van der Waals surface area contributed by atoms with E-state index in [1.807, 2.05) is 36.4 Å². The zero-order valence-corrected chi connectivity index (χ0v) is 24.9. The van der Waals surface area contributed by atoms with Gasteiger partial charge in [0.05, 0.1) is 29.8 Å². The second-order valence-electron chi connectivity index (χ2n) is 11.1. The van der Waals surface area contributed by atoms with E-state index < -0.39 is 0 Å². The van der Waals surface area contributed by atoms with Gasteiger partial charge in [0.1, 0.15) is 5.75 Å². The van der Waals surface area contributed by atoms with Crippen molar-refractivity contribution >= 4 is 27.5 Å². The minimum Gasteiger partial charge on any atom is -0.496 e. The molecule has 1 aromatic heterocycles. The second kappa shape index (κ2) is 11.9. The molecule has 1 unspecified atom stereocenters. The third kappa shape index (κ3) is 5.22. The normalized spacial score (nSPS) is 12.2. The van der Waals surface area contributed by atoms with Crippen LogP contribution in [-0.4, -0.2) is 11.7 Å². The molecule has 0 saturated carbocycles. The summed E-state index contributed by atoms with van der Waals surface area (Å²) in [7, 11) is 1.71. The number of nitrogens with two attached hydrogens (primary N) is 1. The molecule has 0 bridgehead atoms. The summed E-state index contributed by atoms with van der Waals surface area (Å²) < 4.78 is 8.06. The van der Waals surface area contributed by atoms with Gasteiger partial charge < -0.3 is 15.0 Å². The Morgan fingerprint density at radius 1 is 0.711 bits per heavy atom. The van der Waals surface area contributed by atoms with Crippen molar-refractivity contribution in [3.05, 3.63) is 174 Å². The zero-order valence-electron chi connectivity index (χ0n) is 24.9. The fraction of sp³-hybridized carbons (Fsp3) is 0.0488. The van der Waals surface area contributed by atoms with Crippen LogP contribution in [0.1, 0.15) is 28.2 Å². The van der Waals surface area contributed by atoms with Crippen molar-refractivity contribution in [2.24, 2.45) is 5.73 Å². The van der Waals surface area contributed by atoms with E-state index in [-0.39, 0.29) is 5.92 Å². The second-order valence-corrected chi connectivity index (χ2v) is 11.1. The summed E-state index contributed by atoms with van der Waals surface area (Å²) in [5, 5.41) is 11.6. The van der Waals surface area contributed by atoms with E-state index in [9.17, 15) is 5.26 Å². The van der Waals surface area contributed by atoms with Gasteiger partial charge in [-0.1, -0.05) is 103 Å². The highest BCUT2D eigenvalue weighted by atomic mass is 16.5. The number of aromatic nitrogens is 1. The van der Waals surface area contributed by atoms with E-state index >= 15 is 0 Å². The van der Waals surface area contributed by atoms with Crippen LogP contribution >= 0.6 is 0 Å². The molecule has 0 saturated heterocycles. The van der Waals surface area contributed by atoms with Crippen LogP contribution < -0.4 is 10.5 Å². The van der Waals surface area contributed by atoms with Gasteiger partial charge >= 0.3 is 0 Å². The van der Waals surface area contributed by atoms with E-state index in [0.717, 1.165) is 50.3 Å². The number of hydrogen-bond donors (Lipinski definition) is 1. The summed E-state index contributed by atoms with van der Waals surface area (Å²) in [4.78, 5) is 0. The van der Waals surface area contributed by atoms with Crippen molar-refractivity contribution in [1.29, 1.82) is 5.26 Å². The molecule has 1 heterocycles. The summed E-state index contributed by atoms with van der Waals surface area (Å²) in [5.41, 5.74) is 16.6. The van der Waals surface area contributed by atoms with Crippen LogP contribution in [-0.2, 0) is 0 Å². The predicted molar refractivity (Wildman–Crippen MR) is 184 cm³/mol. The van der Waals surface area contributed by atoms with E-state index in [4.69, 9.17) is 10.5 Å². The van der Waals surface area contributed by atoms with Crippen LogP contribution in [0.3, 0.4) is 0 Å². The number of benzene rings is 6. The maximum absolute atomic E-state index is 9.24. The molecule has 7 rings (SSSR count). The van der Waals surface area contributed by atoms with Crippen molar-refractivity contribution in [1.82, 2.24) is 4.57 Å². The number of methoxy groups -OCH3 is 1. The van der Waals surface area contributed by atoms with Gasteiger partial charge in [-0.05, 0) is 70.8 Å². The molecule has 0 aliphatic heterocycles. The molecular weight excluding hydrogens is 550 g/mol. The molecule has 0 radical (unpaired) electrons. The van der Waals surface area contributed by atoms with E-state index in [1.54, 1.807) is 19.2 Å². The maximum Gasteiger partial charge on any atom is 0.126 e. The Labute approximate surface area is 262 Å². The first-order valence-electron chi connectivity index (χ1n) is 14.9. The minimum absolute atomic E-state index is 0.0842. The molecule has 1 atom stereocenters. The largest absolute Gasteiger partial charge is 0.496 e. The first-order valence-corrected chi connectivity index (χ1v) is 14.9. The molecule has 4 nitrogen and oxygen atoms in total. The Balaban J connectivity index is 1.40. The lowest BCUT2D eigenvalue weighted by Crippen LogP contribution is -2.05. The summed E-state index contributed by atoms with van der Waals surface area (Å²) >= 11 is 0. The number of fused-ring (bicyclic) bond motifs is 3. The number of allylic oxidation sites excluding steroid dienone is 1. The van der Waals surface area contributed by atoms with Crippen LogP contribution in [0.2, 0.25) is 0 Å². The van der Waals surface area contributed by atoms with Gasteiger partial charge in [0.15, 0.2) is 0 Å². The molecule has 6 aromatic carbocycles. The highest BCUT2D eigenvalue weighted by Crippen LogP contribution is 2.38. The quantitative estimate of drug-likeness (QED) is 0.204. The number of rotatable bonds is 7. The molecule has 0 amide bonds. The van der Waals surface area contributed by atoms with Crippen LogP contribution in [0.15, 0.2) is 152 Å². The molecule has 7 aromatic rings. The Morgan fingerprint density at radius 2 is 1.42 bits per heavy atom. The Bertz CT molecular complexity index is 2220. The monoisotopic (exact) mass is 581 g/mol. The average Bonchev–Trinajstić information content (AvgIpc) is 3.44. The summed E-state index contributed by atoms with van der Waals surface area (Å²) in [6.07, 6.45) is 2.11. The molecule has 0 aliphatic carbocycles. The highest BCUT2D eigenvalue weighted by molar-refractivity contribution is 6.10. The third-order valence-electron chi connectivity index (χ3n) is 8.43. The minimum atomic E-state index is -0.0842. The summed E-state index contributed by atoms with van der Waals surface area (Å²) in [6.45, 7) is 0. The van der Waals surface area contributed by atoms with Gasteiger partial charge in [-0.2, -0.15) is 5.26 Å². The highest BCUT2D eigenvalue weighted by Gasteiger charge is 2.18. The lowest BCUT2D eigenvalue weighted by molar-refractivity contribution is 0.416. The van der Waals surface area contributed by atoms with E-state index in [1.165, 1.54) is 10.8 Å². The lowest BCUT2D eigenvalue weighted by atomic mass is 9.89. The average molecular weight is 582 g/mol. The number of nitriles is 1. The van der Waals surface area contributed by atoms with Gasteiger partial charge in [-0.3, -0.25) is 0 Å². The third-order valence-corrected chi connectivity index (χ3v) is 8.43. The SMILES string of the molecule is COc1ccccc1-c1ccc2c3ccccc3n(-c3cccc(C(/C=C(\N)c4ccc(C#N)cc4)c4ccccc4)c3)c2c1. The molecule has 45 heavy (non-hydrogen) atoms. The topological polar surface area (TPSA) is 64.0 Å². The number of ether oxygens (including phenoxy) is 1. The number of nitrogens with zero attached hydrogens (tertiary/aromatic N) is 2. The van der Waals surface area contributed by atoms with Gasteiger partial charge in [-0.15, -0.1) is 0 Å². The van der Waals surface area contributed by atoms with Crippen LogP contribution in [0.5, 0.6) is 5.75 Å². The van der Waals surface area contributed by atoms with E-state index in [0.29, 0.717) is 11.3 Å². The van der Waals surface area contributed by atoms with Crippen LogP contribution in [0.25, 0.3) is 44.3 Å². The predicted octanol–water partition coefficient (Wildman–Crippen LogP) is 9.46. The van der Waals surface area contributed by atoms with Gasteiger partial charge in [-0.25, -0.2) is 0 Å². The molecule has 216 valence electrons. The fourth-order valence-electron chi connectivity index (χ4n) is 6.21. The molecule has 0 aliphatic rings. The van der Waals surface area contributed by atoms with Gasteiger partial charge in [0, 0.05) is 33.6 Å². The maximum atomic E-state index is 9.24. The first-order chi connectivity index (χ1) is 22.1. The Hall–Kier alpha value is -6.05. The van der Waals surface area contributed by atoms with Crippen LogP contribution in [0.4, 0.5) is 0 Å². The standard InChI is InChI=1S/C41H31N3O/c1-45-41-17-8-6-14-34(41)32-22-23-36-35-15-5-7-16-39(35)44(40(36)25-32)33-13-9-12-31(24-33)37(29-10-3-2-4-11-29)26-38(43)30-20-18-28(27-42)19-21-30/h2-26,37H,43H2,1H3/b38-26-. The van der Waals surface area contributed by atoms with Crippen molar-refractivity contribution < 1.29 is 4.74 Å².